The molecule has 0 aliphatic rings. The number of amides is 1. The first-order valence-electron chi connectivity index (χ1n) is 6.56. The van der Waals surface area contributed by atoms with Crippen molar-refractivity contribution in [3.05, 3.63) is 29.6 Å². The summed E-state index contributed by atoms with van der Waals surface area (Å²) in [5.74, 6) is -0.269. The number of likely N-dealkylation sites (N-methyl/N-ethyl adjacent to an activating group) is 1. The number of carbonyl (C=O) groups excluding carboxylic acids is 1. The Kier molecular flexibility index (Phi) is 6.45. The Labute approximate surface area is 118 Å². The second-order valence-electron chi connectivity index (χ2n) is 4.20. The van der Waals surface area contributed by atoms with Crippen molar-refractivity contribution in [1.29, 1.82) is 0 Å². The van der Waals surface area contributed by atoms with Crippen LogP contribution in [0.15, 0.2) is 23.5 Å². The second-order valence-corrected chi connectivity index (χ2v) is 4.20. The van der Waals surface area contributed by atoms with E-state index in [9.17, 15) is 4.79 Å². The van der Waals surface area contributed by atoms with Gasteiger partial charge >= 0.3 is 0 Å². The van der Waals surface area contributed by atoms with Crippen molar-refractivity contribution < 1.29 is 10.0 Å². The zero-order valence-corrected chi connectivity index (χ0v) is 11.8. The van der Waals surface area contributed by atoms with Crippen LogP contribution >= 0.6 is 0 Å². The summed E-state index contributed by atoms with van der Waals surface area (Å²) in [6.07, 6.45) is 1.40. The van der Waals surface area contributed by atoms with Crippen LogP contribution in [0.4, 0.5) is 0 Å². The van der Waals surface area contributed by atoms with Gasteiger partial charge in [-0.15, -0.1) is 0 Å². The Morgan fingerprint density at radius 1 is 1.45 bits per heavy atom. The van der Waals surface area contributed by atoms with Crippen molar-refractivity contribution in [2.45, 2.75) is 13.8 Å². The third kappa shape index (κ3) is 4.51. The molecule has 20 heavy (non-hydrogen) atoms. The molecule has 0 saturated carbocycles. The van der Waals surface area contributed by atoms with Crippen LogP contribution in [-0.4, -0.2) is 53.0 Å². The smallest absolute Gasteiger partial charge is 0.269 e. The first kappa shape index (κ1) is 15.9. The zero-order chi connectivity index (χ0) is 15.0. The number of oxime groups is 1. The molecular weight excluding hydrogens is 258 g/mol. The van der Waals surface area contributed by atoms with Gasteiger partial charge in [0.25, 0.3) is 5.91 Å². The minimum absolute atomic E-state index is 0.0361. The molecule has 1 aromatic rings. The zero-order valence-electron chi connectivity index (χ0n) is 11.8. The van der Waals surface area contributed by atoms with Crippen molar-refractivity contribution >= 4 is 11.7 Å². The number of rotatable bonds is 7. The summed E-state index contributed by atoms with van der Waals surface area (Å²) < 4.78 is 0. The van der Waals surface area contributed by atoms with E-state index in [1.165, 1.54) is 6.20 Å². The third-order valence-electron chi connectivity index (χ3n) is 3.01. The van der Waals surface area contributed by atoms with E-state index in [4.69, 9.17) is 10.9 Å². The number of pyridine rings is 1. The summed E-state index contributed by atoms with van der Waals surface area (Å²) in [5.41, 5.74) is 6.19. The van der Waals surface area contributed by atoms with Crippen molar-refractivity contribution in [3.8, 4) is 0 Å². The Balaban J connectivity index is 2.52. The molecule has 7 heteroatoms. The van der Waals surface area contributed by atoms with Gasteiger partial charge in [-0.25, -0.2) is 0 Å². The highest BCUT2D eigenvalue weighted by molar-refractivity contribution is 5.98. The molecule has 0 fully saturated rings. The molecular formula is C13H21N5O2. The maximum atomic E-state index is 11.9. The quantitative estimate of drug-likeness (QED) is 0.287. The average molecular weight is 279 g/mol. The molecule has 0 bridgehead atoms. The second kappa shape index (κ2) is 8.11. The number of hydrogen-bond acceptors (Lipinski definition) is 5. The van der Waals surface area contributed by atoms with E-state index >= 15 is 0 Å². The van der Waals surface area contributed by atoms with E-state index in [1.807, 2.05) is 0 Å². The molecule has 0 aliphatic carbocycles. The summed E-state index contributed by atoms with van der Waals surface area (Å²) >= 11 is 0. The average Bonchev–Trinajstić information content (AvgIpc) is 2.50. The van der Waals surface area contributed by atoms with E-state index in [0.717, 1.165) is 19.6 Å². The first-order chi connectivity index (χ1) is 9.62. The molecule has 7 nitrogen and oxygen atoms in total. The normalized spacial score (nSPS) is 11.7. The fourth-order valence-corrected chi connectivity index (χ4v) is 1.70. The topological polar surface area (TPSA) is 104 Å². The molecule has 0 radical (unpaired) electrons. The van der Waals surface area contributed by atoms with Crippen LogP contribution in [0.1, 0.15) is 29.9 Å². The van der Waals surface area contributed by atoms with Gasteiger partial charge in [-0.1, -0.05) is 19.0 Å². The maximum absolute atomic E-state index is 11.9. The van der Waals surface area contributed by atoms with Crippen LogP contribution in [-0.2, 0) is 0 Å². The molecule has 1 heterocycles. The first-order valence-corrected chi connectivity index (χ1v) is 6.56. The molecule has 1 aromatic heterocycles. The number of hydrogen-bond donors (Lipinski definition) is 3. The molecule has 0 unspecified atom stereocenters. The van der Waals surface area contributed by atoms with Gasteiger partial charge in [-0.05, 0) is 25.2 Å². The molecule has 0 aliphatic heterocycles. The molecule has 1 rings (SSSR count). The van der Waals surface area contributed by atoms with E-state index in [-0.39, 0.29) is 11.7 Å². The van der Waals surface area contributed by atoms with Crippen molar-refractivity contribution in [2.75, 3.05) is 26.2 Å². The van der Waals surface area contributed by atoms with Gasteiger partial charge in [0, 0.05) is 24.8 Å². The number of amidine groups is 1. The number of aromatic nitrogens is 1. The van der Waals surface area contributed by atoms with E-state index in [0.29, 0.717) is 17.8 Å². The minimum atomic E-state index is -0.233. The number of nitrogens with two attached hydrogens (primary N) is 1. The lowest BCUT2D eigenvalue weighted by atomic mass is 10.2. The van der Waals surface area contributed by atoms with Gasteiger partial charge in [0.05, 0.1) is 0 Å². The van der Waals surface area contributed by atoms with Gasteiger partial charge in [0.15, 0.2) is 5.84 Å². The summed E-state index contributed by atoms with van der Waals surface area (Å²) in [5, 5.41) is 14.2. The fourth-order valence-electron chi connectivity index (χ4n) is 1.70. The van der Waals surface area contributed by atoms with Crippen LogP contribution in [0.2, 0.25) is 0 Å². The monoisotopic (exact) mass is 279 g/mol. The van der Waals surface area contributed by atoms with Gasteiger partial charge < -0.3 is 21.2 Å². The van der Waals surface area contributed by atoms with Crippen LogP contribution in [0, 0.1) is 0 Å². The van der Waals surface area contributed by atoms with Crippen LogP contribution < -0.4 is 11.1 Å². The summed E-state index contributed by atoms with van der Waals surface area (Å²) in [4.78, 5) is 18.1. The highest BCUT2D eigenvalue weighted by atomic mass is 16.4. The number of nitrogens with zero attached hydrogens (tertiary/aromatic N) is 3. The SMILES string of the molecule is CCN(CC)CCNC(=O)c1ccc(C(N)=NO)cn1. The fraction of sp³-hybridized carbons (Fsp3) is 0.462. The van der Waals surface area contributed by atoms with Gasteiger partial charge in [0.2, 0.25) is 0 Å². The Morgan fingerprint density at radius 2 is 2.15 bits per heavy atom. The molecule has 110 valence electrons. The highest BCUT2D eigenvalue weighted by Gasteiger charge is 2.08. The molecule has 0 spiro atoms. The third-order valence-corrected chi connectivity index (χ3v) is 3.01. The van der Waals surface area contributed by atoms with E-state index < -0.39 is 0 Å². The van der Waals surface area contributed by atoms with Gasteiger partial charge in [-0.2, -0.15) is 0 Å². The lowest BCUT2D eigenvalue weighted by Gasteiger charge is -2.17. The largest absolute Gasteiger partial charge is 0.409 e. The standard InChI is InChI=1S/C13H21N5O2/c1-3-18(4-2)8-7-15-13(19)11-6-5-10(9-16-11)12(14)17-20/h5-6,9,20H,3-4,7-8H2,1-2H3,(H2,14,17)(H,15,19). The van der Waals surface area contributed by atoms with Crippen molar-refractivity contribution in [2.24, 2.45) is 10.9 Å². The molecule has 0 saturated heterocycles. The molecule has 1 amide bonds. The number of nitrogens with one attached hydrogen (secondary N) is 1. The molecule has 0 aromatic carbocycles. The molecule has 4 N–H and O–H groups in total. The maximum Gasteiger partial charge on any atom is 0.269 e. The Morgan fingerprint density at radius 3 is 2.65 bits per heavy atom. The van der Waals surface area contributed by atoms with Gasteiger partial charge in [0.1, 0.15) is 5.69 Å². The highest BCUT2D eigenvalue weighted by Crippen LogP contribution is 2.00. The lowest BCUT2D eigenvalue weighted by molar-refractivity contribution is 0.0944. The predicted octanol–water partition coefficient (Wildman–Crippen LogP) is 0.248. The van der Waals surface area contributed by atoms with Gasteiger partial charge in [-0.3, -0.25) is 9.78 Å². The van der Waals surface area contributed by atoms with Crippen molar-refractivity contribution in [1.82, 2.24) is 15.2 Å². The van der Waals surface area contributed by atoms with Crippen LogP contribution in [0.5, 0.6) is 0 Å². The lowest BCUT2D eigenvalue weighted by Crippen LogP contribution is -2.35. The van der Waals surface area contributed by atoms with Crippen LogP contribution in [0.25, 0.3) is 0 Å². The van der Waals surface area contributed by atoms with E-state index in [1.54, 1.807) is 12.1 Å². The predicted molar refractivity (Wildman–Crippen MR) is 76.9 cm³/mol. The van der Waals surface area contributed by atoms with E-state index in [2.05, 4.69) is 34.2 Å². The summed E-state index contributed by atoms with van der Waals surface area (Å²) in [6, 6.07) is 3.13. The molecule has 0 atom stereocenters. The Bertz CT molecular complexity index is 454. The van der Waals surface area contributed by atoms with Crippen LogP contribution in [0.3, 0.4) is 0 Å². The van der Waals surface area contributed by atoms with Crippen molar-refractivity contribution in [3.63, 3.8) is 0 Å². The summed E-state index contributed by atoms with van der Waals surface area (Å²) in [6.45, 7) is 7.46. The number of carbonyl (C=O) groups is 1. The summed E-state index contributed by atoms with van der Waals surface area (Å²) in [7, 11) is 0. The minimum Gasteiger partial charge on any atom is -0.409 e. The Hall–Kier alpha value is -2.15.